The summed E-state index contributed by atoms with van der Waals surface area (Å²) in [5, 5.41) is 11.5. The summed E-state index contributed by atoms with van der Waals surface area (Å²) in [4.78, 5) is 29.1. The van der Waals surface area contributed by atoms with E-state index < -0.39 is 12.0 Å². The Balaban J connectivity index is 1.71. The van der Waals surface area contributed by atoms with Crippen LogP contribution < -0.4 is 16.0 Å². The van der Waals surface area contributed by atoms with Crippen molar-refractivity contribution in [3.8, 4) is 0 Å². The van der Waals surface area contributed by atoms with Gasteiger partial charge in [-0.25, -0.2) is 4.98 Å². The Kier molecular flexibility index (Phi) is 6.95. The number of nitrogens with one attached hydrogen (secondary N) is 1. The highest BCUT2D eigenvalue weighted by atomic mass is 16.5. The summed E-state index contributed by atoms with van der Waals surface area (Å²) in [6, 6.07) is 2.76. The van der Waals surface area contributed by atoms with Gasteiger partial charge < -0.3 is 25.8 Å². The number of anilines is 1. The number of aliphatic carboxylic acids is 1. The Bertz CT molecular complexity index is 544. The summed E-state index contributed by atoms with van der Waals surface area (Å²) in [6.45, 7) is 3.47. The van der Waals surface area contributed by atoms with Gasteiger partial charge in [0.25, 0.3) is 5.91 Å². The Morgan fingerprint density at radius 1 is 1.33 bits per heavy atom. The van der Waals surface area contributed by atoms with Gasteiger partial charge in [-0.05, 0) is 31.4 Å². The minimum Gasteiger partial charge on any atom is -0.480 e. The average Bonchev–Trinajstić information content (AvgIpc) is 2.62. The predicted molar refractivity (Wildman–Crippen MR) is 89.1 cm³/mol. The van der Waals surface area contributed by atoms with Crippen molar-refractivity contribution < 1.29 is 19.4 Å². The van der Waals surface area contributed by atoms with Gasteiger partial charge in [0.15, 0.2) is 0 Å². The van der Waals surface area contributed by atoms with Crippen LogP contribution in [0.15, 0.2) is 18.3 Å². The molecule has 1 fully saturated rings. The Hall–Kier alpha value is -2.19. The van der Waals surface area contributed by atoms with Crippen molar-refractivity contribution in [1.29, 1.82) is 0 Å². The van der Waals surface area contributed by atoms with Crippen LogP contribution in [-0.4, -0.2) is 60.9 Å². The molecule has 24 heavy (non-hydrogen) atoms. The highest BCUT2D eigenvalue weighted by Crippen LogP contribution is 2.13. The third-order valence-electron chi connectivity index (χ3n) is 3.89. The van der Waals surface area contributed by atoms with Gasteiger partial charge in [-0.15, -0.1) is 0 Å². The number of aromatic nitrogens is 1. The van der Waals surface area contributed by atoms with E-state index in [1.165, 1.54) is 0 Å². The van der Waals surface area contributed by atoms with Crippen molar-refractivity contribution in [2.24, 2.45) is 5.73 Å². The van der Waals surface area contributed by atoms with Crippen molar-refractivity contribution in [3.63, 3.8) is 0 Å². The van der Waals surface area contributed by atoms with E-state index in [-0.39, 0.29) is 5.91 Å². The Labute approximate surface area is 141 Å². The molecule has 1 aromatic heterocycles. The van der Waals surface area contributed by atoms with Gasteiger partial charge in [0.2, 0.25) is 0 Å². The van der Waals surface area contributed by atoms with E-state index in [2.05, 4.69) is 15.2 Å². The third-order valence-corrected chi connectivity index (χ3v) is 3.89. The van der Waals surface area contributed by atoms with Crippen molar-refractivity contribution in [3.05, 3.63) is 23.9 Å². The topological polar surface area (TPSA) is 118 Å². The van der Waals surface area contributed by atoms with E-state index in [0.717, 1.165) is 18.9 Å². The van der Waals surface area contributed by atoms with E-state index in [9.17, 15) is 9.59 Å². The number of pyridine rings is 1. The molecule has 0 unspecified atom stereocenters. The van der Waals surface area contributed by atoms with Crippen molar-refractivity contribution in [1.82, 2.24) is 10.3 Å². The molecule has 1 aromatic rings. The predicted octanol–water partition coefficient (Wildman–Crippen LogP) is 0.230. The monoisotopic (exact) mass is 336 g/mol. The quantitative estimate of drug-likeness (QED) is 0.582. The van der Waals surface area contributed by atoms with E-state index in [1.807, 2.05) is 6.07 Å². The maximum atomic E-state index is 12.0. The first-order valence-corrected chi connectivity index (χ1v) is 8.13. The van der Waals surface area contributed by atoms with Crippen molar-refractivity contribution >= 4 is 17.7 Å². The van der Waals surface area contributed by atoms with Crippen LogP contribution in [0, 0.1) is 0 Å². The van der Waals surface area contributed by atoms with E-state index in [0.29, 0.717) is 44.6 Å². The Morgan fingerprint density at radius 2 is 2.08 bits per heavy atom. The van der Waals surface area contributed by atoms with Gasteiger partial charge in [-0.1, -0.05) is 0 Å². The molecule has 1 atom stereocenters. The number of carbonyl (C=O) groups is 2. The second kappa shape index (κ2) is 9.19. The number of carboxylic acid groups (broad SMARTS) is 1. The maximum absolute atomic E-state index is 12.0. The second-order valence-corrected chi connectivity index (χ2v) is 5.70. The first-order chi connectivity index (χ1) is 11.6. The number of hydrogen-bond donors (Lipinski definition) is 3. The van der Waals surface area contributed by atoms with Crippen LogP contribution in [-0.2, 0) is 9.53 Å². The van der Waals surface area contributed by atoms with Crippen LogP contribution in [0.2, 0.25) is 0 Å². The van der Waals surface area contributed by atoms with Crippen LogP contribution in [0.5, 0.6) is 0 Å². The standard InChI is InChI=1S/C16H24N4O4/c17-13(16(22)23)3-1-2-6-18-15(21)12-4-5-14(19-11-12)20-7-9-24-10-8-20/h4-5,11,13H,1-3,6-10,17H2,(H,18,21)(H,22,23)/t13-/m0/s1. The van der Waals surface area contributed by atoms with Crippen molar-refractivity contribution in [2.45, 2.75) is 25.3 Å². The molecular formula is C16H24N4O4. The average molecular weight is 336 g/mol. The molecule has 1 amide bonds. The number of unbranched alkanes of at least 4 members (excludes halogenated alkanes) is 1. The first-order valence-electron chi connectivity index (χ1n) is 8.13. The van der Waals surface area contributed by atoms with Crippen molar-refractivity contribution in [2.75, 3.05) is 37.7 Å². The highest BCUT2D eigenvalue weighted by Gasteiger charge is 2.13. The lowest BCUT2D eigenvalue weighted by Gasteiger charge is -2.27. The molecule has 1 aliphatic rings. The minimum atomic E-state index is -0.995. The molecule has 0 aromatic carbocycles. The number of amides is 1. The number of hydrogen-bond acceptors (Lipinski definition) is 6. The van der Waals surface area contributed by atoms with E-state index in [4.69, 9.17) is 15.6 Å². The fraction of sp³-hybridized carbons (Fsp3) is 0.562. The molecule has 0 radical (unpaired) electrons. The van der Waals surface area contributed by atoms with Gasteiger partial charge in [0.05, 0.1) is 18.8 Å². The van der Waals surface area contributed by atoms with Gasteiger partial charge in [-0.2, -0.15) is 0 Å². The van der Waals surface area contributed by atoms with Crippen LogP contribution >= 0.6 is 0 Å². The van der Waals surface area contributed by atoms with Crippen LogP contribution in [0.4, 0.5) is 5.82 Å². The molecule has 2 rings (SSSR count). The lowest BCUT2D eigenvalue weighted by atomic mass is 10.1. The van der Waals surface area contributed by atoms with Crippen LogP contribution in [0.1, 0.15) is 29.6 Å². The highest BCUT2D eigenvalue weighted by molar-refractivity contribution is 5.94. The molecule has 132 valence electrons. The number of rotatable bonds is 8. The largest absolute Gasteiger partial charge is 0.480 e. The van der Waals surface area contributed by atoms with Crippen LogP contribution in [0.3, 0.4) is 0 Å². The lowest BCUT2D eigenvalue weighted by Crippen LogP contribution is -2.36. The maximum Gasteiger partial charge on any atom is 0.320 e. The molecule has 0 aliphatic carbocycles. The van der Waals surface area contributed by atoms with Gasteiger partial charge in [0.1, 0.15) is 11.9 Å². The SMILES string of the molecule is N[C@@H](CCCCNC(=O)c1ccc(N2CCOCC2)nc1)C(=O)O. The molecule has 0 saturated carbocycles. The number of carboxylic acids is 1. The third kappa shape index (κ3) is 5.47. The fourth-order valence-electron chi connectivity index (χ4n) is 2.42. The minimum absolute atomic E-state index is 0.182. The molecule has 1 aliphatic heterocycles. The number of nitrogens with zero attached hydrogens (tertiary/aromatic N) is 2. The summed E-state index contributed by atoms with van der Waals surface area (Å²) < 4.78 is 5.30. The summed E-state index contributed by atoms with van der Waals surface area (Å²) in [5.41, 5.74) is 5.93. The second-order valence-electron chi connectivity index (χ2n) is 5.70. The zero-order chi connectivity index (χ0) is 17.4. The summed E-state index contributed by atoms with van der Waals surface area (Å²) in [7, 11) is 0. The molecule has 8 heteroatoms. The summed E-state index contributed by atoms with van der Waals surface area (Å²) >= 11 is 0. The normalized spacial score (nSPS) is 15.8. The smallest absolute Gasteiger partial charge is 0.320 e. The molecule has 0 spiro atoms. The molecule has 2 heterocycles. The zero-order valence-electron chi connectivity index (χ0n) is 13.6. The molecule has 4 N–H and O–H groups in total. The summed E-state index contributed by atoms with van der Waals surface area (Å²) in [6.07, 6.45) is 3.31. The number of morpholine rings is 1. The summed E-state index contributed by atoms with van der Waals surface area (Å²) in [5.74, 6) is -0.332. The molecule has 8 nitrogen and oxygen atoms in total. The van der Waals surface area contributed by atoms with E-state index in [1.54, 1.807) is 12.3 Å². The first kappa shape index (κ1) is 18.2. The fourth-order valence-corrected chi connectivity index (χ4v) is 2.42. The Morgan fingerprint density at radius 3 is 2.71 bits per heavy atom. The van der Waals surface area contributed by atoms with Gasteiger partial charge in [0, 0.05) is 25.8 Å². The molecule has 0 bridgehead atoms. The van der Waals surface area contributed by atoms with Gasteiger partial charge in [-0.3, -0.25) is 9.59 Å². The van der Waals surface area contributed by atoms with Gasteiger partial charge >= 0.3 is 5.97 Å². The van der Waals surface area contributed by atoms with Crippen LogP contribution in [0.25, 0.3) is 0 Å². The zero-order valence-corrected chi connectivity index (χ0v) is 13.6. The lowest BCUT2D eigenvalue weighted by molar-refractivity contribution is -0.138. The number of carbonyl (C=O) groups excluding carboxylic acids is 1. The number of ether oxygens (including phenoxy) is 1. The molecular weight excluding hydrogens is 312 g/mol. The molecule has 1 saturated heterocycles. The number of nitrogens with two attached hydrogens (primary N) is 1. The van der Waals surface area contributed by atoms with E-state index >= 15 is 0 Å².